The van der Waals surface area contributed by atoms with Crippen LogP contribution in [0.1, 0.15) is 22.5 Å². The average molecular weight is 412 g/mol. The Bertz CT molecular complexity index is 1210. The van der Waals surface area contributed by atoms with E-state index >= 15 is 0 Å². The predicted octanol–water partition coefficient (Wildman–Crippen LogP) is 4.62. The van der Waals surface area contributed by atoms with E-state index < -0.39 is 5.91 Å². The van der Waals surface area contributed by atoms with Gasteiger partial charge >= 0.3 is 0 Å². The summed E-state index contributed by atoms with van der Waals surface area (Å²) >= 11 is 0. The Hall–Kier alpha value is -4.24. The fourth-order valence-electron chi connectivity index (χ4n) is 3.31. The number of hydrogen-bond acceptors (Lipinski definition) is 5. The molecule has 0 atom stereocenters. The molecule has 2 aromatic carbocycles. The number of benzene rings is 2. The first kappa shape index (κ1) is 20.0. The van der Waals surface area contributed by atoms with Crippen molar-refractivity contribution in [1.82, 2.24) is 5.32 Å². The molecule has 0 saturated carbocycles. The first-order valence-electron chi connectivity index (χ1n) is 9.69. The molecule has 154 valence electrons. The summed E-state index contributed by atoms with van der Waals surface area (Å²) in [6.07, 6.45) is 3.27. The zero-order valence-corrected chi connectivity index (χ0v) is 17.1. The van der Waals surface area contributed by atoms with E-state index in [2.05, 4.69) is 11.4 Å². The minimum atomic E-state index is -0.478. The number of furan rings is 1. The molecule has 0 fully saturated rings. The van der Waals surface area contributed by atoms with Crippen LogP contribution < -0.4 is 14.8 Å². The predicted molar refractivity (Wildman–Crippen MR) is 116 cm³/mol. The number of nitrogens with one attached hydrogen (secondary N) is 1. The van der Waals surface area contributed by atoms with Gasteiger partial charge in [0.05, 0.1) is 19.9 Å². The van der Waals surface area contributed by atoms with Crippen LogP contribution in [0.25, 0.3) is 11.3 Å². The minimum Gasteiger partial charge on any atom is -0.497 e. The molecule has 4 rings (SSSR count). The van der Waals surface area contributed by atoms with Crippen molar-refractivity contribution in [2.75, 3.05) is 7.11 Å². The summed E-state index contributed by atoms with van der Waals surface area (Å²) in [5.74, 6) is 1.98. The molecule has 1 aromatic heterocycles. The minimum absolute atomic E-state index is 0.00715. The number of nitrogens with zero attached hydrogens (tertiary/aromatic N) is 1. The number of aryl methyl sites for hydroxylation is 1. The molecule has 1 amide bonds. The number of carbonyl (C=O) groups is 1. The number of carbonyl (C=O) groups excluding carboxylic acids is 1. The maximum Gasteiger partial charge on any atom is 0.262 e. The van der Waals surface area contributed by atoms with E-state index in [0.29, 0.717) is 28.4 Å². The molecular formula is C25H20N2O4. The summed E-state index contributed by atoms with van der Waals surface area (Å²) in [6.45, 7) is 2.14. The summed E-state index contributed by atoms with van der Waals surface area (Å²) in [4.78, 5) is 12.9. The molecule has 0 saturated heterocycles. The highest BCUT2D eigenvalue weighted by Gasteiger charge is 2.24. The smallest absolute Gasteiger partial charge is 0.262 e. The van der Waals surface area contributed by atoms with Crippen molar-refractivity contribution < 1.29 is 18.7 Å². The summed E-state index contributed by atoms with van der Waals surface area (Å²) < 4.78 is 16.6. The molecular weight excluding hydrogens is 392 g/mol. The normalized spacial score (nSPS) is 13.9. The van der Waals surface area contributed by atoms with E-state index in [4.69, 9.17) is 13.9 Å². The van der Waals surface area contributed by atoms with Crippen molar-refractivity contribution in [3.8, 4) is 17.6 Å². The first-order valence-corrected chi connectivity index (χ1v) is 9.69. The molecule has 2 heterocycles. The molecule has 1 aliphatic rings. The zero-order valence-electron chi connectivity index (χ0n) is 17.1. The van der Waals surface area contributed by atoms with Gasteiger partial charge in [-0.15, -0.1) is 0 Å². The van der Waals surface area contributed by atoms with Gasteiger partial charge in [-0.3, -0.25) is 4.79 Å². The lowest BCUT2D eigenvalue weighted by Gasteiger charge is -2.22. The van der Waals surface area contributed by atoms with Crippen LogP contribution in [0.2, 0.25) is 0 Å². The lowest BCUT2D eigenvalue weighted by molar-refractivity contribution is -0.117. The average Bonchev–Trinajstić information content (AvgIpc) is 3.32. The number of amides is 1. The summed E-state index contributed by atoms with van der Waals surface area (Å²) in [5.41, 5.74) is 3.01. The maximum atomic E-state index is 12.9. The van der Waals surface area contributed by atoms with Gasteiger partial charge in [0.2, 0.25) is 0 Å². The molecule has 3 aromatic rings. The zero-order chi connectivity index (χ0) is 21.8. The van der Waals surface area contributed by atoms with Gasteiger partial charge in [-0.2, -0.15) is 5.26 Å². The van der Waals surface area contributed by atoms with Crippen LogP contribution in [-0.2, 0) is 11.3 Å². The summed E-state index contributed by atoms with van der Waals surface area (Å²) in [6, 6.07) is 18.6. The molecule has 1 aliphatic heterocycles. The van der Waals surface area contributed by atoms with Crippen LogP contribution in [0.15, 0.2) is 76.9 Å². The Balaban J connectivity index is 1.77. The molecule has 6 heteroatoms. The Labute approximate surface area is 180 Å². The number of allylic oxidation sites excluding steroid dienone is 2. The van der Waals surface area contributed by atoms with Gasteiger partial charge in [0.1, 0.15) is 34.7 Å². The van der Waals surface area contributed by atoms with Crippen LogP contribution in [0.4, 0.5) is 0 Å². The molecule has 0 aliphatic carbocycles. The van der Waals surface area contributed by atoms with Crippen molar-refractivity contribution in [2.45, 2.75) is 13.5 Å². The molecule has 1 N–H and O–H groups in total. The van der Waals surface area contributed by atoms with Gasteiger partial charge in [-0.1, -0.05) is 11.6 Å². The van der Waals surface area contributed by atoms with Gasteiger partial charge < -0.3 is 19.2 Å². The third kappa shape index (κ3) is 4.21. The van der Waals surface area contributed by atoms with Crippen molar-refractivity contribution in [3.05, 3.63) is 95.0 Å². The van der Waals surface area contributed by atoms with E-state index in [1.807, 2.05) is 49.4 Å². The van der Waals surface area contributed by atoms with Crippen LogP contribution in [0.5, 0.6) is 11.5 Å². The third-order valence-electron chi connectivity index (χ3n) is 4.91. The van der Waals surface area contributed by atoms with E-state index in [1.165, 1.54) is 6.26 Å². The van der Waals surface area contributed by atoms with Crippen LogP contribution in [-0.4, -0.2) is 13.0 Å². The monoisotopic (exact) mass is 412 g/mol. The molecule has 0 radical (unpaired) electrons. The molecule has 0 bridgehead atoms. The largest absolute Gasteiger partial charge is 0.497 e. The Morgan fingerprint density at radius 2 is 1.97 bits per heavy atom. The molecule has 31 heavy (non-hydrogen) atoms. The quantitative estimate of drug-likeness (QED) is 0.488. The Morgan fingerprint density at radius 3 is 2.65 bits per heavy atom. The molecule has 6 nitrogen and oxygen atoms in total. The lowest BCUT2D eigenvalue weighted by atomic mass is 9.93. The van der Waals surface area contributed by atoms with Crippen LogP contribution in [0, 0.1) is 18.3 Å². The van der Waals surface area contributed by atoms with Crippen molar-refractivity contribution >= 4 is 17.2 Å². The fourth-order valence-corrected chi connectivity index (χ4v) is 3.31. The van der Waals surface area contributed by atoms with Crippen molar-refractivity contribution in [1.29, 1.82) is 5.26 Å². The number of ether oxygens (including phenoxy) is 2. The molecule has 0 spiro atoms. The van der Waals surface area contributed by atoms with Crippen molar-refractivity contribution in [3.63, 3.8) is 0 Å². The van der Waals surface area contributed by atoms with Crippen molar-refractivity contribution in [2.24, 2.45) is 0 Å². The second-order valence-corrected chi connectivity index (χ2v) is 7.00. The SMILES string of the molecule is COc1ccc(C2=CC(=C(C#N)C(=O)NCc3ccco3)c3cc(C)ccc3O2)cc1. The second-order valence-electron chi connectivity index (χ2n) is 7.00. The molecule has 0 unspecified atom stereocenters. The summed E-state index contributed by atoms with van der Waals surface area (Å²) in [7, 11) is 1.60. The number of fused-ring (bicyclic) bond motifs is 1. The van der Waals surface area contributed by atoms with Gasteiger partial charge in [-0.05, 0) is 61.5 Å². The van der Waals surface area contributed by atoms with E-state index in [9.17, 15) is 10.1 Å². The number of hydrogen-bond donors (Lipinski definition) is 1. The number of nitriles is 1. The highest BCUT2D eigenvalue weighted by atomic mass is 16.5. The highest BCUT2D eigenvalue weighted by Crippen LogP contribution is 2.39. The van der Waals surface area contributed by atoms with E-state index in [-0.39, 0.29) is 12.1 Å². The first-order chi connectivity index (χ1) is 15.1. The standard InChI is InChI=1S/C25H20N2O4/c1-16-5-10-23-21(12-16)20(13-24(31-23)17-6-8-18(29-2)9-7-17)22(14-26)25(28)27-15-19-4-3-11-30-19/h3-13H,15H2,1-2H3,(H,27,28). The van der Waals surface area contributed by atoms with Gasteiger partial charge in [0, 0.05) is 16.7 Å². The van der Waals surface area contributed by atoms with E-state index in [1.54, 1.807) is 25.3 Å². The number of methoxy groups -OCH3 is 1. The maximum absolute atomic E-state index is 12.9. The van der Waals surface area contributed by atoms with Gasteiger partial charge in [0.15, 0.2) is 0 Å². The van der Waals surface area contributed by atoms with Crippen LogP contribution >= 0.6 is 0 Å². The lowest BCUT2D eigenvalue weighted by Crippen LogP contribution is -2.25. The Kier molecular flexibility index (Phi) is 5.59. The fraction of sp³-hybridized carbons (Fsp3) is 0.120. The topological polar surface area (TPSA) is 84.5 Å². The van der Waals surface area contributed by atoms with Gasteiger partial charge in [0.25, 0.3) is 5.91 Å². The van der Waals surface area contributed by atoms with E-state index in [0.717, 1.165) is 16.9 Å². The third-order valence-corrected chi connectivity index (χ3v) is 4.91. The summed E-state index contributed by atoms with van der Waals surface area (Å²) in [5, 5.41) is 12.6. The highest BCUT2D eigenvalue weighted by molar-refractivity contribution is 6.09. The Morgan fingerprint density at radius 1 is 1.16 bits per heavy atom. The number of rotatable bonds is 5. The second kappa shape index (κ2) is 8.64. The van der Waals surface area contributed by atoms with Gasteiger partial charge in [-0.25, -0.2) is 0 Å². The van der Waals surface area contributed by atoms with Crippen LogP contribution in [0.3, 0.4) is 0 Å².